The topological polar surface area (TPSA) is 72.9 Å². The van der Waals surface area contributed by atoms with Gasteiger partial charge in [-0.15, -0.1) is 0 Å². The lowest BCUT2D eigenvalue weighted by Gasteiger charge is -2.13. The fraction of sp³-hybridized carbons (Fsp3) is 0.261. The minimum atomic E-state index is -0.620. The number of hydrogen-bond donors (Lipinski definition) is 0. The molecule has 9 heteroatoms. The molecule has 1 aliphatic rings. The lowest BCUT2D eigenvalue weighted by Crippen LogP contribution is -2.34. The van der Waals surface area contributed by atoms with Gasteiger partial charge in [-0.3, -0.25) is 19.3 Å². The number of halogens is 2. The van der Waals surface area contributed by atoms with Crippen molar-refractivity contribution in [2.45, 2.75) is 20.5 Å². The van der Waals surface area contributed by atoms with Crippen molar-refractivity contribution in [3.63, 3.8) is 0 Å². The van der Waals surface area contributed by atoms with Crippen LogP contribution in [0.15, 0.2) is 47.4 Å². The van der Waals surface area contributed by atoms with E-state index in [0.29, 0.717) is 21.4 Å². The van der Waals surface area contributed by atoms with Crippen molar-refractivity contribution in [2.24, 2.45) is 5.92 Å². The van der Waals surface area contributed by atoms with Gasteiger partial charge in [0, 0.05) is 21.2 Å². The maximum atomic E-state index is 12.7. The monoisotopic (exact) mass is 493 g/mol. The number of rotatable bonds is 8. The van der Waals surface area contributed by atoms with Crippen molar-refractivity contribution in [3.05, 3.63) is 68.5 Å². The number of amides is 2. The molecule has 0 N–H and O–H groups in total. The number of hydrogen-bond acceptors (Lipinski definition) is 6. The van der Waals surface area contributed by atoms with E-state index in [4.69, 9.17) is 32.7 Å². The van der Waals surface area contributed by atoms with E-state index < -0.39 is 23.7 Å². The number of para-hydroxylation sites is 1. The third-order valence-corrected chi connectivity index (χ3v) is 5.84. The molecule has 3 rings (SSSR count). The lowest BCUT2D eigenvalue weighted by atomic mass is 10.1. The van der Waals surface area contributed by atoms with Gasteiger partial charge in [0.1, 0.15) is 18.9 Å². The van der Waals surface area contributed by atoms with Crippen LogP contribution in [0.4, 0.5) is 4.79 Å². The van der Waals surface area contributed by atoms with Crippen LogP contribution in [0, 0.1) is 5.92 Å². The number of carbonyl (C=O) groups excluding carboxylic acids is 3. The zero-order valence-electron chi connectivity index (χ0n) is 17.5. The summed E-state index contributed by atoms with van der Waals surface area (Å²) in [6.45, 7) is 3.81. The first kappa shape index (κ1) is 24.2. The minimum Gasteiger partial charge on any atom is -0.488 e. The summed E-state index contributed by atoms with van der Waals surface area (Å²) in [6, 6.07) is 12.2. The Morgan fingerprint density at radius 2 is 1.91 bits per heavy atom. The molecule has 0 unspecified atom stereocenters. The second-order valence-electron chi connectivity index (χ2n) is 7.41. The second kappa shape index (κ2) is 10.9. The molecule has 2 aromatic rings. The molecule has 0 radical (unpaired) electrons. The van der Waals surface area contributed by atoms with E-state index in [9.17, 15) is 14.4 Å². The summed E-state index contributed by atoms with van der Waals surface area (Å²) in [6.07, 6.45) is 1.57. The van der Waals surface area contributed by atoms with Gasteiger partial charge >= 0.3 is 5.97 Å². The molecule has 1 heterocycles. The van der Waals surface area contributed by atoms with Gasteiger partial charge in [-0.2, -0.15) is 0 Å². The predicted molar refractivity (Wildman–Crippen MR) is 126 cm³/mol. The number of thioether (sulfide) groups is 1. The molecule has 0 spiro atoms. The van der Waals surface area contributed by atoms with Gasteiger partial charge in [-0.05, 0) is 42.0 Å². The normalized spacial score (nSPS) is 15.0. The highest BCUT2D eigenvalue weighted by atomic mass is 35.5. The summed E-state index contributed by atoms with van der Waals surface area (Å²) < 4.78 is 11.0. The molecular formula is C23H21Cl2NO5S. The quantitative estimate of drug-likeness (QED) is 0.341. The molecule has 0 aliphatic carbocycles. The number of ether oxygens (including phenoxy) is 2. The Morgan fingerprint density at radius 3 is 2.62 bits per heavy atom. The number of benzene rings is 2. The Balaban J connectivity index is 1.72. The summed E-state index contributed by atoms with van der Waals surface area (Å²) in [5.74, 6) is -0.488. The summed E-state index contributed by atoms with van der Waals surface area (Å²) >= 11 is 12.9. The molecule has 32 heavy (non-hydrogen) atoms. The van der Waals surface area contributed by atoms with Gasteiger partial charge in [-0.25, -0.2) is 0 Å². The molecule has 1 saturated heterocycles. The van der Waals surface area contributed by atoms with E-state index >= 15 is 0 Å². The van der Waals surface area contributed by atoms with Crippen molar-refractivity contribution in [2.75, 3.05) is 13.2 Å². The molecule has 1 fully saturated rings. The second-order valence-corrected chi connectivity index (χ2v) is 9.24. The fourth-order valence-corrected chi connectivity index (χ4v) is 4.03. The average molecular weight is 494 g/mol. The third-order valence-electron chi connectivity index (χ3n) is 4.34. The fourth-order valence-electron chi connectivity index (χ4n) is 2.74. The Bertz CT molecular complexity index is 1070. The summed E-state index contributed by atoms with van der Waals surface area (Å²) in [7, 11) is 0. The van der Waals surface area contributed by atoms with Crippen molar-refractivity contribution >= 4 is 58.2 Å². The Labute approximate surface area is 200 Å². The van der Waals surface area contributed by atoms with Crippen molar-refractivity contribution in [1.82, 2.24) is 4.90 Å². The van der Waals surface area contributed by atoms with Crippen molar-refractivity contribution in [1.29, 1.82) is 0 Å². The van der Waals surface area contributed by atoms with E-state index in [1.165, 1.54) is 0 Å². The van der Waals surface area contributed by atoms with Gasteiger partial charge < -0.3 is 9.47 Å². The molecule has 2 amide bonds. The van der Waals surface area contributed by atoms with Crippen molar-refractivity contribution in [3.8, 4) is 5.75 Å². The molecule has 0 saturated carbocycles. The van der Waals surface area contributed by atoms with Crippen LogP contribution in [0.2, 0.25) is 10.0 Å². The zero-order valence-corrected chi connectivity index (χ0v) is 19.8. The Kier molecular flexibility index (Phi) is 8.23. The van der Waals surface area contributed by atoms with E-state index in [1.807, 2.05) is 13.8 Å². The van der Waals surface area contributed by atoms with Crippen LogP contribution in [0.25, 0.3) is 6.08 Å². The summed E-state index contributed by atoms with van der Waals surface area (Å²) in [5.41, 5.74) is 1.37. The van der Waals surface area contributed by atoms with Crippen molar-refractivity contribution < 1.29 is 23.9 Å². The number of esters is 1. The molecule has 6 nitrogen and oxygen atoms in total. The Morgan fingerprint density at radius 1 is 1.16 bits per heavy atom. The lowest BCUT2D eigenvalue weighted by molar-refractivity contribution is -0.147. The first-order valence-corrected chi connectivity index (χ1v) is 11.4. The standard InChI is InChI=1S/C23H21Cl2NO5S/c1-14(2)12-31-21(27)11-26-22(28)20(32-23(26)29)9-15-5-3-4-6-19(15)30-13-16-7-8-17(24)10-18(16)25/h3-10,14H,11-13H2,1-2H3/b20-9+. The third kappa shape index (κ3) is 6.28. The predicted octanol–water partition coefficient (Wildman–Crippen LogP) is 5.81. The van der Waals surface area contributed by atoms with Crippen LogP contribution in [0.5, 0.6) is 5.75 Å². The Hall–Kier alpha value is -2.48. The first-order valence-electron chi connectivity index (χ1n) is 9.81. The first-order chi connectivity index (χ1) is 15.2. The van der Waals surface area contributed by atoms with E-state index in [1.54, 1.807) is 48.5 Å². The van der Waals surface area contributed by atoms with Crippen LogP contribution in [0.1, 0.15) is 25.0 Å². The maximum absolute atomic E-state index is 12.7. The van der Waals surface area contributed by atoms with Gasteiger partial charge in [0.2, 0.25) is 0 Å². The highest BCUT2D eigenvalue weighted by Gasteiger charge is 2.36. The number of nitrogens with zero attached hydrogens (tertiary/aromatic N) is 1. The minimum absolute atomic E-state index is 0.160. The van der Waals surface area contributed by atoms with E-state index in [-0.39, 0.29) is 24.0 Å². The number of imide groups is 1. The van der Waals surface area contributed by atoms with Crippen LogP contribution >= 0.6 is 35.0 Å². The number of carbonyl (C=O) groups is 3. The van der Waals surface area contributed by atoms with Gasteiger partial charge in [0.15, 0.2) is 0 Å². The summed E-state index contributed by atoms with van der Waals surface area (Å²) in [5, 5.41) is 0.498. The SMILES string of the molecule is CC(C)COC(=O)CN1C(=O)S/C(=C/c2ccccc2OCc2ccc(Cl)cc2Cl)C1=O. The maximum Gasteiger partial charge on any atom is 0.326 e. The van der Waals surface area contributed by atoms with E-state index in [2.05, 4.69) is 0 Å². The molecule has 2 aromatic carbocycles. The molecular weight excluding hydrogens is 473 g/mol. The zero-order chi connectivity index (χ0) is 23.3. The molecule has 0 bridgehead atoms. The van der Waals surface area contributed by atoms with Crippen LogP contribution in [-0.4, -0.2) is 35.2 Å². The van der Waals surface area contributed by atoms with Crippen LogP contribution < -0.4 is 4.74 Å². The molecule has 168 valence electrons. The van der Waals surface area contributed by atoms with E-state index in [0.717, 1.165) is 22.2 Å². The smallest absolute Gasteiger partial charge is 0.326 e. The summed E-state index contributed by atoms with van der Waals surface area (Å²) in [4.78, 5) is 38.0. The highest BCUT2D eigenvalue weighted by Crippen LogP contribution is 2.34. The van der Waals surface area contributed by atoms with Gasteiger partial charge in [-0.1, -0.05) is 61.3 Å². The van der Waals surface area contributed by atoms with Gasteiger partial charge in [0.05, 0.1) is 11.5 Å². The largest absolute Gasteiger partial charge is 0.488 e. The highest BCUT2D eigenvalue weighted by molar-refractivity contribution is 8.18. The van der Waals surface area contributed by atoms with Crippen LogP contribution in [-0.2, 0) is 20.9 Å². The average Bonchev–Trinajstić information content (AvgIpc) is 3.00. The molecule has 1 aliphatic heterocycles. The van der Waals surface area contributed by atoms with Crippen LogP contribution in [0.3, 0.4) is 0 Å². The molecule has 0 aromatic heterocycles. The van der Waals surface area contributed by atoms with Gasteiger partial charge in [0.25, 0.3) is 11.1 Å². The molecule has 0 atom stereocenters.